The minimum absolute atomic E-state index is 0.00147. The van der Waals surface area contributed by atoms with Crippen molar-refractivity contribution in [3.05, 3.63) is 0 Å². The molecule has 1 heterocycles. The number of oxime groups is 1. The second kappa shape index (κ2) is 5.91. The fourth-order valence-electron chi connectivity index (χ4n) is 1.63. The Bertz CT molecular complexity index is 666. The molecule has 1 aliphatic carbocycles. The number of nitrogens with two attached hydrogens (primary N) is 1. The van der Waals surface area contributed by atoms with E-state index < -0.39 is 16.1 Å². The van der Waals surface area contributed by atoms with Gasteiger partial charge < -0.3 is 16.3 Å². The molecule has 2 rings (SSSR count). The summed E-state index contributed by atoms with van der Waals surface area (Å²) in [5.41, 5.74) is 5.50. The maximum atomic E-state index is 12.2. The van der Waals surface area contributed by atoms with Crippen LogP contribution in [0.25, 0.3) is 0 Å². The van der Waals surface area contributed by atoms with Crippen LogP contribution in [0.2, 0.25) is 0 Å². The molecule has 0 bridgehead atoms. The van der Waals surface area contributed by atoms with Crippen LogP contribution in [0, 0.1) is 5.92 Å². The number of nitrogens with one attached hydrogen (secondary N) is 2. The molecule has 21 heavy (non-hydrogen) atoms. The van der Waals surface area contributed by atoms with Crippen LogP contribution in [0.15, 0.2) is 9.50 Å². The number of aromatic nitrogens is 2. The molecule has 12 heteroatoms. The van der Waals surface area contributed by atoms with Gasteiger partial charge in [0, 0.05) is 6.92 Å². The summed E-state index contributed by atoms with van der Waals surface area (Å²) in [6.45, 7) is 1.27. The number of amidine groups is 1. The smallest absolute Gasteiger partial charge is 0.270 e. The van der Waals surface area contributed by atoms with Crippen LogP contribution in [-0.2, 0) is 14.8 Å². The second-order valence-electron chi connectivity index (χ2n) is 4.52. The molecule has 0 saturated heterocycles. The number of carbonyl (C=O) groups excluding carboxylic acids is 1. The molecule has 1 atom stereocenters. The summed E-state index contributed by atoms with van der Waals surface area (Å²) in [6, 6.07) is -0.784. The highest BCUT2D eigenvalue weighted by Crippen LogP contribution is 2.33. The van der Waals surface area contributed by atoms with Crippen molar-refractivity contribution in [2.45, 2.75) is 30.1 Å². The van der Waals surface area contributed by atoms with E-state index in [0.29, 0.717) is 11.3 Å². The molecule has 1 amide bonds. The average molecular weight is 334 g/mol. The van der Waals surface area contributed by atoms with E-state index in [1.165, 1.54) is 6.92 Å². The molecule has 5 N–H and O–H groups in total. The highest BCUT2D eigenvalue weighted by Gasteiger charge is 2.38. The first-order valence-corrected chi connectivity index (χ1v) is 8.24. The van der Waals surface area contributed by atoms with Crippen molar-refractivity contribution in [3.8, 4) is 0 Å². The molecule has 1 aromatic heterocycles. The van der Waals surface area contributed by atoms with E-state index >= 15 is 0 Å². The van der Waals surface area contributed by atoms with Gasteiger partial charge in [-0.15, -0.1) is 10.2 Å². The van der Waals surface area contributed by atoms with Crippen molar-refractivity contribution in [2.24, 2.45) is 16.8 Å². The van der Waals surface area contributed by atoms with Gasteiger partial charge in [-0.3, -0.25) is 4.79 Å². The van der Waals surface area contributed by atoms with Crippen molar-refractivity contribution in [1.82, 2.24) is 14.9 Å². The van der Waals surface area contributed by atoms with Gasteiger partial charge in [0.25, 0.3) is 10.0 Å². The first-order chi connectivity index (χ1) is 9.83. The quantitative estimate of drug-likeness (QED) is 0.176. The van der Waals surface area contributed by atoms with Crippen molar-refractivity contribution in [1.29, 1.82) is 0 Å². The molecule has 116 valence electrons. The monoisotopic (exact) mass is 334 g/mol. The highest BCUT2D eigenvalue weighted by atomic mass is 32.2. The summed E-state index contributed by atoms with van der Waals surface area (Å²) in [6.07, 6.45) is 1.58. The Kier molecular flexibility index (Phi) is 4.39. The summed E-state index contributed by atoms with van der Waals surface area (Å²) in [5.74, 6) is -0.582. The molecule has 0 spiro atoms. The van der Waals surface area contributed by atoms with Crippen molar-refractivity contribution in [3.63, 3.8) is 0 Å². The fraction of sp³-hybridized carbons (Fsp3) is 0.556. The summed E-state index contributed by atoms with van der Waals surface area (Å²) in [4.78, 5) is 10.9. The van der Waals surface area contributed by atoms with E-state index in [0.717, 1.165) is 12.8 Å². The van der Waals surface area contributed by atoms with Gasteiger partial charge in [-0.25, -0.2) is 8.42 Å². The lowest BCUT2D eigenvalue weighted by molar-refractivity contribution is -0.114. The van der Waals surface area contributed by atoms with Gasteiger partial charge in [0.1, 0.15) is 0 Å². The van der Waals surface area contributed by atoms with Gasteiger partial charge in [-0.2, -0.15) is 4.72 Å². The van der Waals surface area contributed by atoms with Crippen LogP contribution < -0.4 is 15.8 Å². The Labute approximate surface area is 124 Å². The van der Waals surface area contributed by atoms with E-state index in [4.69, 9.17) is 10.9 Å². The highest BCUT2D eigenvalue weighted by molar-refractivity contribution is 7.91. The van der Waals surface area contributed by atoms with Crippen molar-refractivity contribution in [2.75, 3.05) is 5.32 Å². The molecule has 0 aliphatic heterocycles. The number of sulfonamides is 1. The molecular weight excluding hydrogens is 320 g/mol. The van der Waals surface area contributed by atoms with E-state index in [9.17, 15) is 13.2 Å². The van der Waals surface area contributed by atoms with Gasteiger partial charge in [-0.1, -0.05) is 16.5 Å². The molecule has 0 aromatic carbocycles. The Morgan fingerprint density at radius 1 is 1.52 bits per heavy atom. The van der Waals surface area contributed by atoms with Gasteiger partial charge in [0.2, 0.25) is 15.4 Å². The van der Waals surface area contributed by atoms with Crippen LogP contribution in [0.3, 0.4) is 0 Å². The number of nitrogens with zero attached hydrogens (tertiary/aromatic N) is 3. The number of carbonyl (C=O) groups is 1. The summed E-state index contributed by atoms with van der Waals surface area (Å²) in [7, 11) is -3.96. The Morgan fingerprint density at radius 3 is 2.71 bits per heavy atom. The normalized spacial score (nSPS) is 17.5. The van der Waals surface area contributed by atoms with E-state index in [1.807, 2.05) is 0 Å². The standard InChI is InChI=1S/C9H14N6O4S2/c1-4(16)11-8-12-13-9(20-8)21(18,19)15-6(5-2-3-5)7(10)14-17/h5-6,15,17H,2-3H2,1H3,(H2,10,14)(H,11,12,16). The molecule has 0 radical (unpaired) electrons. The van der Waals surface area contributed by atoms with Crippen LogP contribution in [-0.4, -0.2) is 41.6 Å². The maximum absolute atomic E-state index is 12.2. The summed E-state index contributed by atoms with van der Waals surface area (Å²) < 4.78 is 26.4. The number of hydrogen-bond acceptors (Lipinski definition) is 8. The first-order valence-electron chi connectivity index (χ1n) is 5.94. The fourth-order valence-corrected chi connectivity index (χ4v) is 3.87. The number of rotatable bonds is 6. The topological polar surface area (TPSA) is 160 Å². The van der Waals surface area contributed by atoms with Crippen LogP contribution >= 0.6 is 11.3 Å². The predicted molar refractivity (Wildman–Crippen MR) is 74.5 cm³/mol. The largest absolute Gasteiger partial charge is 0.409 e. The average Bonchev–Trinajstić information content (AvgIpc) is 3.14. The Morgan fingerprint density at radius 2 is 2.19 bits per heavy atom. The number of hydrogen-bond donors (Lipinski definition) is 4. The first kappa shape index (κ1) is 15.6. The van der Waals surface area contributed by atoms with Gasteiger partial charge >= 0.3 is 0 Å². The maximum Gasteiger partial charge on any atom is 0.270 e. The van der Waals surface area contributed by atoms with Crippen LogP contribution in [0.1, 0.15) is 19.8 Å². The lowest BCUT2D eigenvalue weighted by Gasteiger charge is -2.15. The third-order valence-corrected chi connectivity index (χ3v) is 5.38. The molecule has 1 aromatic rings. The zero-order chi connectivity index (χ0) is 15.6. The molecular formula is C9H14N6O4S2. The third-order valence-electron chi connectivity index (χ3n) is 2.73. The minimum Gasteiger partial charge on any atom is -0.409 e. The van der Waals surface area contributed by atoms with E-state index in [2.05, 4.69) is 25.4 Å². The van der Waals surface area contributed by atoms with Crippen molar-refractivity contribution >= 4 is 38.2 Å². The molecule has 1 aliphatic rings. The Balaban J connectivity index is 2.17. The van der Waals surface area contributed by atoms with Gasteiger partial charge in [0.15, 0.2) is 5.84 Å². The number of amides is 1. The lowest BCUT2D eigenvalue weighted by Crippen LogP contribution is -2.46. The molecule has 1 fully saturated rings. The molecule has 10 nitrogen and oxygen atoms in total. The molecule has 1 unspecified atom stereocenters. The van der Waals surface area contributed by atoms with E-state index in [1.54, 1.807) is 0 Å². The predicted octanol–water partition coefficient (Wildman–Crippen LogP) is -0.700. The SMILES string of the molecule is CC(=O)Nc1nnc(S(=O)(=O)NC(C(N)=NO)C2CC2)s1. The van der Waals surface area contributed by atoms with Crippen LogP contribution in [0.5, 0.6) is 0 Å². The van der Waals surface area contributed by atoms with E-state index in [-0.39, 0.29) is 27.1 Å². The zero-order valence-electron chi connectivity index (χ0n) is 11.0. The van der Waals surface area contributed by atoms with Gasteiger partial charge in [-0.05, 0) is 18.8 Å². The zero-order valence-corrected chi connectivity index (χ0v) is 12.6. The van der Waals surface area contributed by atoms with Crippen molar-refractivity contribution < 1.29 is 18.4 Å². The Hall–Kier alpha value is -1.79. The summed E-state index contributed by atoms with van der Waals surface area (Å²) >= 11 is 0.714. The summed E-state index contributed by atoms with van der Waals surface area (Å²) in [5, 5.41) is 21.1. The second-order valence-corrected chi connectivity index (χ2v) is 7.38. The van der Waals surface area contributed by atoms with Crippen LogP contribution in [0.4, 0.5) is 5.13 Å². The number of anilines is 1. The lowest BCUT2D eigenvalue weighted by atomic mass is 10.2. The minimum atomic E-state index is -3.96. The van der Waals surface area contributed by atoms with Gasteiger partial charge in [0.05, 0.1) is 6.04 Å². The molecule has 1 saturated carbocycles. The third kappa shape index (κ3) is 3.86.